The van der Waals surface area contributed by atoms with Crippen LogP contribution in [0, 0.1) is 0 Å². The topological polar surface area (TPSA) is 77.8 Å². The molecule has 1 N–H and O–H groups in total. The van der Waals surface area contributed by atoms with Gasteiger partial charge in [0.25, 0.3) is 5.91 Å². The van der Waals surface area contributed by atoms with E-state index in [0.717, 1.165) is 48.0 Å². The van der Waals surface area contributed by atoms with Crippen LogP contribution in [0.4, 0.5) is 0 Å². The number of hydrogen-bond acceptors (Lipinski definition) is 6. The van der Waals surface area contributed by atoms with Crippen LogP contribution in [-0.4, -0.2) is 72.8 Å². The van der Waals surface area contributed by atoms with Crippen LogP contribution in [0.5, 0.6) is 5.75 Å². The summed E-state index contributed by atoms with van der Waals surface area (Å²) in [5.74, 6) is 0.871. The molecule has 8 heteroatoms. The number of aromatic nitrogens is 2. The number of morpholine rings is 1. The lowest BCUT2D eigenvalue weighted by Crippen LogP contribution is -2.50. The van der Waals surface area contributed by atoms with Crippen molar-refractivity contribution in [2.24, 2.45) is 7.05 Å². The predicted molar refractivity (Wildman–Crippen MR) is 114 cm³/mol. The molecule has 2 fully saturated rings. The number of ether oxygens (including phenoxy) is 3. The van der Waals surface area contributed by atoms with E-state index in [-0.39, 0.29) is 18.0 Å². The summed E-state index contributed by atoms with van der Waals surface area (Å²) in [6.07, 6.45) is 4.35. The smallest absolute Gasteiger partial charge is 0.253 e. The van der Waals surface area contributed by atoms with Crippen LogP contribution < -0.4 is 10.1 Å². The zero-order valence-electron chi connectivity index (χ0n) is 18.1. The lowest BCUT2D eigenvalue weighted by Gasteiger charge is -2.34. The first-order chi connectivity index (χ1) is 14.6. The molecular weight excluding hydrogens is 384 g/mol. The number of carbonyl (C=O) groups excluding carboxylic acids is 1. The molecule has 0 spiro atoms. The molecule has 0 radical (unpaired) electrons. The predicted octanol–water partition coefficient (Wildman–Crippen LogP) is 2.03. The van der Waals surface area contributed by atoms with Gasteiger partial charge in [-0.25, -0.2) is 0 Å². The maximum Gasteiger partial charge on any atom is 0.253 e. The molecule has 0 bridgehead atoms. The number of carbonyl (C=O) groups is 1. The van der Waals surface area contributed by atoms with Crippen molar-refractivity contribution in [1.82, 2.24) is 20.0 Å². The van der Waals surface area contributed by atoms with Crippen molar-refractivity contribution in [3.8, 4) is 5.75 Å². The Morgan fingerprint density at radius 1 is 1.40 bits per heavy atom. The number of fused-ring (bicyclic) bond motifs is 1. The molecule has 0 unspecified atom stereocenters. The molecule has 2 aromatic rings. The molecule has 1 saturated heterocycles. The zero-order chi connectivity index (χ0) is 21.1. The quantitative estimate of drug-likeness (QED) is 0.631. The van der Waals surface area contributed by atoms with Crippen molar-refractivity contribution in [3.05, 3.63) is 23.9 Å². The molecule has 1 amide bonds. The zero-order valence-corrected chi connectivity index (χ0v) is 18.1. The average Bonchev–Trinajstić information content (AvgIpc) is 3.53. The maximum atomic E-state index is 13.3. The molecule has 1 aliphatic carbocycles. The highest BCUT2D eigenvalue weighted by atomic mass is 16.5. The summed E-state index contributed by atoms with van der Waals surface area (Å²) >= 11 is 0. The average molecular weight is 417 g/mol. The van der Waals surface area contributed by atoms with Gasteiger partial charge in [0.1, 0.15) is 17.4 Å². The Bertz CT molecular complexity index is 873. The van der Waals surface area contributed by atoms with E-state index in [1.807, 2.05) is 22.8 Å². The molecule has 1 saturated carbocycles. The van der Waals surface area contributed by atoms with E-state index in [1.165, 1.54) is 0 Å². The van der Waals surface area contributed by atoms with Crippen LogP contribution in [0.3, 0.4) is 0 Å². The molecule has 2 heterocycles. The van der Waals surface area contributed by atoms with Crippen molar-refractivity contribution in [2.45, 2.75) is 44.4 Å². The van der Waals surface area contributed by atoms with Crippen LogP contribution in [0.15, 0.2) is 18.3 Å². The number of nitrogens with one attached hydrogen (secondary N) is 1. The number of amides is 1. The van der Waals surface area contributed by atoms with Gasteiger partial charge in [-0.3, -0.25) is 9.48 Å². The third-order valence-corrected chi connectivity index (χ3v) is 5.87. The lowest BCUT2D eigenvalue weighted by molar-refractivity contribution is -0.148. The second kappa shape index (κ2) is 9.32. The monoisotopic (exact) mass is 416 g/mol. The van der Waals surface area contributed by atoms with Gasteiger partial charge >= 0.3 is 0 Å². The van der Waals surface area contributed by atoms with Gasteiger partial charge in [0.05, 0.1) is 25.5 Å². The van der Waals surface area contributed by atoms with Crippen LogP contribution in [-0.2, 0) is 21.3 Å². The van der Waals surface area contributed by atoms with Crippen molar-refractivity contribution in [2.75, 3.05) is 40.0 Å². The molecule has 1 aromatic carbocycles. The number of methoxy groups -OCH3 is 1. The van der Waals surface area contributed by atoms with Crippen LogP contribution in [0.25, 0.3) is 10.9 Å². The Morgan fingerprint density at radius 3 is 2.93 bits per heavy atom. The minimum atomic E-state index is -0.409. The molecule has 2 atom stereocenters. The molecule has 30 heavy (non-hydrogen) atoms. The van der Waals surface area contributed by atoms with Gasteiger partial charge in [0, 0.05) is 51.7 Å². The standard InChI is InChI=1S/C22H32N4O4/c1-15(26(18-5-6-18)22(27)20-14-23-7-10-30-20)16-11-17-13-24-25(2)21(17)19(12-16)29-9-4-8-28-3/h11-13,15,18,20,23H,4-10,14H2,1-3H3/t15-,20+/m0/s1. The van der Waals surface area contributed by atoms with Crippen LogP contribution in [0.2, 0.25) is 0 Å². The van der Waals surface area contributed by atoms with Gasteiger partial charge < -0.3 is 24.4 Å². The third kappa shape index (κ3) is 4.45. The van der Waals surface area contributed by atoms with Gasteiger partial charge in [-0.1, -0.05) is 0 Å². The fraction of sp³-hybridized carbons (Fsp3) is 0.636. The Balaban J connectivity index is 1.60. The number of benzene rings is 1. The minimum absolute atomic E-state index is 0.0681. The van der Waals surface area contributed by atoms with E-state index in [9.17, 15) is 4.79 Å². The largest absolute Gasteiger partial charge is 0.491 e. The summed E-state index contributed by atoms with van der Waals surface area (Å²) in [6, 6.07) is 4.40. The lowest BCUT2D eigenvalue weighted by atomic mass is 10.0. The molecular formula is C22H32N4O4. The van der Waals surface area contributed by atoms with Crippen molar-refractivity contribution < 1.29 is 19.0 Å². The number of nitrogens with zero attached hydrogens (tertiary/aromatic N) is 3. The summed E-state index contributed by atoms with van der Waals surface area (Å²) < 4.78 is 18.8. The van der Waals surface area contributed by atoms with E-state index in [0.29, 0.717) is 26.4 Å². The molecule has 1 aromatic heterocycles. The molecule has 164 valence electrons. The first kappa shape index (κ1) is 21.1. The summed E-state index contributed by atoms with van der Waals surface area (Å²) in [5, 5.41) is 8.69. The van der Waals surface area contributed by atoms with E-state index in [2.05, 4.69) is 29.5 Å². The molecule has 2 aliphatic rings. The fourth-order valence-corrected chi connectivity index (χ4v) is 4.13. The normalized spacial score (nSPS) is 20.3. The van der Waals surface area contributed by atoms with Crippen molar-refractivity contribution >= 4 is 16.8 Å². The number of rotatable bonds is 9. The third-order valence-electron chi connectivity index (χ3n) is 5.87. The molecule has 4 rings (SSSR count). The first-order valence-electron chi connectivity index (χ1n) is 10.8. The molecule has 1 aliphatic heterocycles. The highest BCUT2D eigenvalue weighted by Crippen LogP contribution is 2.38. The molecule has 8 nitrogen and oxygen atoms in total. The highest BCUT2D eigenvalue weighted by Gasteiger charge is 2.40. The Hall–Kier alpha value is -2.16. The van der Waals surface area contributed by atoms with Gasteiger partial charge in [0.15, 0.2) is 0 Å². The van der Waals surface area contributed by atoms with Crippen molar-refractivity contribution in [1.29, 1.82) is 0 Å². The van der Waals surface area contributed by atoms with Gasteiger partial charge in [-0.15, -0.1) is 0 Å². The second-order valence-corrected chi connectivity index (χ2v) is 8.14. The summed E-state index contributed by atoms with van der Waals surface area (Å²) in [7, 11) is 3.61. The Morgan fingerprint density at radius 2 is 2.23 bits per heavy atom. The van der Waals surface area contributed by atoms with E-state index in [1.54, 1.807) is 7.11 Å². The first-order valence-corrected chi connectivity index (χ1v) is 10.8. The van der Waals surface area contributed by atoms with Crippen LogP contribution >= 0.6 is 0 Å². The van der Waals surface area contributed by atoms with Crippen molar-refractivity contribution in [3.63, 3.8) is 0 Å². The summed E-state index contributed by atoms with van der Waals surface area (Å²) in [5.41, 5.74) is 2.02. The Kier molecular flexibility index (Phi) is 6.55. The highest BCUT2D eigenvalue weighted by molar-refractivity contribution is 5.86. The van der Waals surface area contributed by atoms with E-state index < -0.39 is 6.10 Å². The summed E-state index contributed by atoms with van der Waals surface area (Å²) in [4.78, 5) is 15.3. The van der Waals surface area contributed by atoms with Gasteiger partial charge in [-0.05, 0) is 37.5 Å². The van der Waals surface area contributed by atoms with Crippen LogP contribution in [0.1, 0.15) is 37.8 Å². The SMILES string of the molecule is COCCCOc1cc([C@H](C)N(C(=O)[C@H]2CNCCO2)C2CC2)cc2cnn(C)c12. The van der Waals surface area contributed by atoms with E-state index in [4.69, 9.17) is 14.2 Å². The van der Waals surface area contributed by atoms with Gasteiger partial charge in [0.2, 0.25) is 0 Å². The minimum Gasteiger partial charge on any atom is -0.491 e. The number of aryl methyl sites for hydroxylation is 1. The van der Waals surface area contributed by atoms with E-state index >= 15 is 0 Å². The maximum absolute atomic E-state index is 13.3. The second-order valence-electron chi connectivity index (χ2n) is 8.14. The fourth-order valence-electron chi connectivity index (χ4n) is 4.13. The number of hydrogen-bond donors (Lipinski definition) is 1. The summed E-state index contributed by atoms with van der Waals surface area (Å²) in [6.45, 7) is 5.26. The Labute approximate surface area is 177 Å². The van der Waals surface area contributed by atoms with Gasteiger partial charge in [-0.2, -0.15) is 5.10 Å².